The predicted molar refractivity (Wildman–Crippen MR) is 83.8 cm³/mol. The fourth-order valence-corrected chi connectivity index (χ4v) is 2.93. The molecule has 124 valence electrons. The summed E-state index contributed by atoms with van der Waals surface area (Å²) >= 11 is 0. The van der Waals surface area contributed by atoms with E-state index in [4.69, 9.17) is 15.2 Å². The summed E-state index contributed by atoms with van der Waals surface area (Å²) in [5.74, 6) is 0.579. The van der Waals surface area contributed by atoms with Crippen LogP contribution in [0.4, 0.5) is 0 Å². The van der Waals surface area contributed by atoms with E-state index in [1.165, 1.54) is 32.1 Å². The summed E-state index contributed by atoms with van der Waals surface area (Å²) in [5.41, 5.74) is 5.79. The Hall–Kier alpha value is -0.650. The molecule has 2 N–H and O–H groups in total. The van der Waals surface area contributed by atoms with Crippen LogP contribution in [0, 0.1) is 5.92 Å². The van der Waals surface area contributed by atoms with Gasteiger partial charge in [0, 0.05) is 19.8 Å². The molecule has 0 aromatic carbocycles. The van der Waals surface area contributed by atoms with Gasteiger partial charge in [-0.15, -0.1) is 0 Å². The van der Waals surface area contributed by atoms with Crippen LogP contribution < -0.4 is 5.73 Å². The van der Waals surface area contributed by atoms with Gasteiger partial charge in [0.05, 0.1) is 12.6 Å². The third-order valence-electron chi connectivity index (χ3n) is 3.98. The Bertz CT molecular complexity index is 285. The minimum Gasteiger partial charge on any atom is -0.351 e. The molecule has 1 aliphatic carbocycles. The third-order valence-corrected chi connectivity index (χ3v) is 3.98. The first-order valence-electron chi connectivity index (χ1n) is 8.36. The molecule has 1 aliphatic rings. The molecule has 1 atom stereocenters. The molecule has 0 bridgehead atoms. The molecule has 1 saturated carbocycles. The molecule has 1 rings (SSSR count). The molecule has 0 heterocycles. The number of nitrogens with zero attached hydrogens (tertiary/aromatic N) is 1. The lowest BCUT2D eigenvalue weighted by Gasteiger charge is -2.33. The number of hydrogen-bond donors (Lipinski definition) is 1. The second-order valence-electron chi connectivity index (χ2n) is 5.88. The highest BCUT2D eigenvalue weighted by molar-refractivity contribution is 5.81. The SMILES string of the molecule is CCOC(CN(CC1CCCCC1)C(=O)[C@H](C)N)OCC. The van der Waals surface area contributed by atoms with Crippen molar-refractivity contribution in [3.63, 3.8) is 0 Å². The summed E-state index contributed by atoms with van der Waals surface area (Å²) in [4.78, 5) is 14.2. The molecule has 0 aromatic heterocycles. The van der Waals surface area contributed by atoms with Crippen LogP contribution in [-0.4, -0.2) is 49.4 Å². The number of rotatable bonds is 9. The van der Waals surface area contributed by atoms with Gasteiger partial charge in [-0.25, -0.2) is 0 Å². The predicted octanol–water partition coefficient (Wildman–Crippen LogP) is 2.14. The Morgan fingerprint density at radius 2 is 1.76 bits per heavy atom. The Labute approximate surface area is 129 Å². The van der Waals surface area contributed by atoms with Crippen molar-refractivity contribution in [2.45, 2.75) is 65.2 Å². The van der Waals surface area contributed by atoms with Crippen molar-refractivity contribution in [2.24, 2.45) is 11.7 Å². The summed E-state index contributed by atoms with van der Waals surface area (Å²) in [5, 5.41) is 0. The van der Waals surface area contributed by atoms with Gasteiger partial charge in [-0.1, -0.05) is 19.3 Å². The molecule has 1 amide bonds. The molecule has 0 aliphatic heterocycles. The Balaban J connectivity index is 2.63. The van der Waals surface area contributed by atoms with E-state index in [1.54, 1.807) is 6.92 Å². The maximum absolute atomic E-state index is 12.4. The normalized spacial score (nSPS) is 18.0. The van der Waals surface area contributed by atoms with Crippen LogP contribution in [0.3, 0.4) is 0 Å². The molecular formula is C16H32N2O3. The molecule has 0 radical (unpaired) electrons. The average Bonchev–Trinajstić information content (AvgIpc) is 2.47. The maximum Gasteiger partial charge on any atom is 0.239 e. The van der Waals surface area contributed by atoms with Crippen molar-refractivity contribution >= 4 is 5.91 Å². The van der Waals surface area contributed by atoms with Gasteiger partial charge in [0.1, 0.15) is 0 Å². The molecule has 0 unspecified atom stereocenters. The first kappa shape index (κ1) is 18.4. The van der Waals surface area contributed by atoms with Crippen molar-refractivity contribution < 1.29 is 14.3 Å². The molecule has 1 fully saturated rings. The van der Waals surface area contributed by atoms with Gasteiger partial charge in [0.2, 0.25) is 5.91 Å². The van der Waals surface area contributed by atoms with Crippen LogP contribution in [0.25, 0.3) is 0 Å². The quantitative estimate of drug-likeness (QED) is 0.663. The Morgan fingerprint density at radius 3 is 2.24 bits per heavy atom. The zero-order valence-corrected chi connectivity index (χ0v) is 13.8. The van der Waals surface area contributed by atoms with Crippen molar-refractivity contribution in [3.05, 3.63) is 0 Å². The number of amides is 1. The van der Waals surface area contributed by atoms with Crippen LogP contribution >= 0.6 is 0 Å². The maximum atomic E-state index is 12.4. The highest BCUT2D eigenvalue weighted by atomic mass is 16.7. The molecule has 0 spiro atoms. The number of hydrogen-bond acceptors (Lipinski definition) is 4. The second-order valence-corrected chi connectivity index (χ2v) is 5.88. The van der Waals surface area contributed by atoms with Gasteiger partial charge in [0.25, 0.3) is 0 Å². The lowest BCUT2D eigenvalue weighted by molar-refractivity contribution is -0.160. The fourth-order valence-electron chi connectivity index (χ4n) is 2.93. The van der Waals surface area contributed by atoms with Gasteiger partial charge in [0.15, 0.2) is 6.29 Å². The number of carbonyl (C=O) groups is 1. The van der Waals surface area contributed by atoms with E-state index in [1.807, 2.05) is 18.7 Å². The van der Waals surface area contributed by atoms with Gasteiger partial charge in [-0.05, 0) is 39.5 Å². The first-order valence-corrected chi connectivity index (χ1v) is 8.36. The smallest absolute Gasteiger partial charge is 0.239 e. The summed E-state index contributed by atoms with van der Waals surface area (Å²) in [6, 6.07) is -0.475. The van der Waals surface area contributed by atoms with E-state index in [0.29, 0.717) is 25.7 Å². The number of nitrogens with two attached hydrogens (primary N) is 1. The Morgan fingerprint density at radius 1 is 1.19 bits per heavy atom. The molecule has 0 aromatic rings. The molecule has 5 heteroatoms. The summed E-state index contributed by atoms with van der Waals surface area (Å²) < 4.78 is 11.2. The van der Waals surface area contributed by atoms with Crippen LogP contribution in [0.5, 0.6) is 0 Å². The monoisotopic (exact) mass is 300 g/mol. The van der Waals surface area contributed by atoms with Crippen molar-refractivity contribution in [2.75, 3.05) is 26.3 Å². The zero-order valence-electron chi connectivity index (χ0n) is 13.8. The fraction of sp³-hybridized carbons (Fsp3) is 0.938. The topological polar surface area (TPSA) is 64.8 Å². The molecular weight excluding hydrogens is 268 g/mol. The van der Waals surface area contributed by atoms with Gasteiger partial charge in [-0.3, -0.25) is 4.79 Å². The van der Waals surface area contributed by atoms with E-state index >= 15 is 0 Å². The zero-order chi connectivity index (χ0) is 15.7. The van der Waals surface area contributed by atoms with Crippen LogP contribution in [0.1, 0.15) is 52.9 Å². The average molecular weight is 300 g/mol. The first-order chi connectivity index (χ1) is 10.1. The number of carbonyl (C=O) groups excluding carboxylic acids is 1. The van der Waals surface area contributed by atoms with E-state index in [-0.39, 0.29) is 12.2 Å². The van der Waals surface area contributed by atoms with Crippen molar-refractivity contribution in [1.29, 1.82) is 0 Å². The van der Waals surface area contributed by atoms with E-state index < -0.39 is 6.04 Å². The van der Waals surface area contributed by atoms with E-state index in [2.05, 4.69) is 0 Å². The van der Waals surface area contributed by atoms with Gasteiger partial charge in [-0.2, -0.15) is 0 Å². The largest absolute Gasteiger partial charge is 0.351 e. The molecule has 0 saturated heterocycles. The third kappa shape index (κ3) is 6.76. The van der Waals surface area contributed by atoms with E-state index in [9.17, 15) is 4.79 Å². The summed E-state index contributed by atoms with van der Waals surface area (Å²) in [6.45, 7) is 8.01. The lowest BCUT2D eigenvalue weighted by atomic mass is 9.89. The highest BCUT2D eigenvalue weighted by Crippen LogP contribution is 2.24. The number of ether oxygens (including phenoxy) is 2. The molecule has 5 nitrogen and oxygen atoms in total. The highest BCUT2D eigenvalue weighted by Gasteiger charge is 2.25. The summed E-state index contributed by atoms with van der Waals surface area (Å²) in [6.07, 6.45) is 5.91. The van der Waals surface area contributed by atoms with Crippen molar-refractivity contribution in [3.8, 4) is 0 Å². The summed E-state index contributed by atoms with van der Waals surface area (Å²) in [7, 11) is 0. The minimum absolute atomic E-state index is 0.00928. The van der Waals surface area contributed by atoms with Crippen LogP contribution in [0.15, 0.2) is 0 Å². The van der Waals surface area contributed by atoms with Gasteiger partial charge >= 0.3 is 0 Å². The minimum atomic E-state index is -0.475. The van der Waals surface area contributed by atoms with Crippen molar-refractivity contribution in [1.82, 2.24) is 4.90 Å². The van der Waals surface area contributed by atoms with Crippen LogP contribution in [-0.2, 0) is 14.3 Å². The standard InChI is InChI=1S/C16H32N2O3/c1-4-20-15(21-5-2)12-18(16(19)13(3)17)11-14-9-7-6-8-10-14/h13-15H,4-12,17H2,1-3H3/t13-/m0/s1. The second kappa shape index (κ2) is 10.1. The Kier molecular flexibility index (Phi) is 8.88. The molecule has 21 heavy (non-hydrogen) atoms. The lowest BCUT2D eigenvalue weighted by Crippen LogP contribution is -2.48. The van der Waals surface area contributed by atoms with E-state index in [0.717, 1.165) is 6.54 Å². The van der Waals surface area contributed by atoms with Crippen LogP contribution in [0.2, 0.25) is 0 Å². The van der Waals surface area contributed by atoms with Gasteiger partial charge < -0.3 is 20.1 Å².